The van der Waals surface area contributed by atoms with Crippen LogP contribution < -0.4 is 10.1 Å². The molecule has 1 aliphatic rings. The Balaban J connectivity index is 1.87. The topological polar surface area (TPSA) is 56.8 Å². The summed E-state index contributed by atoms with van der Waals surface area (Å²) in [6.45, 7) is 6.89. The Morgan fingerprint density at radius 1 is 1.36 bits per heavy atom. The maximum absolute atomic E-state index is 12.2. The van der Waals surface area contributed by atoms with Crippen LogP contribution in [0.3, 0.4) is 0 Å². The summed E-state index contributed by atoms with van der Waals surface area (Å²) in [4.78, 5) is 12.2. The SMILES string of the molecule is CC(C)Oc1ccccc1NC(=O)[C@H](C)OC[C@@H]1CCCO1. The number of rotatable bonds is 7. The maximum Gasteiger partial charge on any atom is 0.253 e. The van der Waals surface area contributed by atoms with Crippen molar-refractivity contribution in [3.8, 4) is 5.75 Å². The van der Waals surface area contributed by atoms with Crippen LogP contribution in [0.25, 0.3) is 0 Å². The summed E-state index contributed by atoms with van der Waals surface area (Å²) in [5.74, 6) is 0.481. The van der Waals surface area contributed by atoms with Gasteiger partial charge in [0.2, 0.25) is 0 Å². The fourth-order valence-corrected chi connectivity index (χ4v) is 2.26. The van der Waals surface area contributed by atoms with E-state index in [4.69, 9.17) is 14.2 Å². The third-order valence-corrected chi connectivity index (χ3v) is 3.43. The summed E-state index contributed by atoms with van der Waals surface area (Å²) in [5.41, 5.74) is 0.661. The van der Waals surface area contributed by atoms with Crippen LogP contribution >= 0.6 is 0 Å². The zero-order valence-corrected chi connectivity index (χ0v) is 13.5. The first-order chi connectivity index (χ1) is 10.6. The molecule has 1 aromatic carbocycles. The third kappa shape index (κ3) is 5.00. The molecule has 1 heterocycles. The summed E-state index contributed by atoms with van der Waals surface area (Å²) in [7, 11) is 0. The second kappa shape index (κ2) is 8.15. The minimum atomic E-state index is -0.531. The zero-order chi connectivity index (χ0) is 15.9. The van der Waals surface area contributed by atoms with Crippen molar-refractivity contribution in [1.29, 1.82) is 0 Å². The first-order valence-electron chi connectivity index (χ1n) is 7.86. The first kappa shape index (κ1) is 16.8. The van der Waals surface area contributed by atoms with Crippen LogP contribution in [0, 0.1) is 0 Å². The predicted molar refractivity (Wildman–Crippen MR) is 85.2 cm³/mol. The molecule has 22 heavy (non-hydrogen) atoms. The van der Waals surface area contributed by atoms with Gasteiger partial charge in [-0.2, -0.15) is 0 Å². The molecule has 1 N–H and O–H groups in total. The van der Waals surface area contributed by atoms with Crippen molar-refractivity contribution in [1.82, 2.24) is 0 Å². The van der Waals surface area contributed by atoms with Crippen LogP contribution in [0.1, 0.15) is 33.6 Å². The van der Waals surface area contributed by atoms with E-state index in [9.17, 15) is 4.79 Å². The smallest absolute Gasteiger partial charge is 0.253 e. The number of ether oxygens (including phenoxy) is 3. The standard InChI is InChI=1S/C17H25NO4/c1-12(2)22-16-9-5-4-8-15(16)18-17(19)13(3)21-11-14-7-6-10-20-14/h4-5,8-9,12-14H,6-7,10-11H2,1-3H3,(H,18,19)/t13-,14-/m0/s1. The Morgan fingerprint density at radius 2 is 2.14 bits per heavy atom. The molecule has 1 aromatic rings. The van der Waals surface area contributed by atoms with E-state index in [1.54, 1.807) is 6.92 Å². The number of hydrogen-bond acceptors (Lipinski definition) is 4. The molecule has 5 nitrogen and oxygen atoms in total. The molecule has 5 heteroatoms. The number of benzene rings is 1. The highest BCUT2D eigenvalue weighted by molar-refractivity contribution is 5.95. The Morgan fingerprint density at radius 3 is 2.82 bits per heavy atom. The molecule has 1 saturated heterocycles. The molecule has 0 aromatic heterocycles. The molecule has 0 saturated carbocycles. The van der Waals surface area contributed by atoms with E-state index in [0.29, 0.717) is 18.0 Å². The molecule has 0 aliphatic carbocycles. The average molecular weight is 307 g/mol. The Labute approximate surface area is 131 Å². The number of nitrogens with one attached hydrogen (secondary N) is 1. The highest BCUT2D eigenvalue weighted by atomic mass is 16.5. The van der Waals surface area contributed by atoms with Crippen molar-refractivity contribution in [2.24, 2.45) is 0 Å². The molecule has 0 bridgehead atoms. The zero-order valence-electron chi connectivity index (χ0n) is 13.5. The van der Waals surface area contributed by atoms with Gasteiger partial charge in [-0.3, -0.25) is 4.79 Å². The molecule has 0 spiro atoms. The number of anilines is 1. The lowest BCUT2D eigenvalue weighted by molar-refractivity contribution is -0.128. The molecule has 1 aliphatic heterocycles. The summed E-state index contributed by atoms with van der Waals surface area (Å²) < 4.78 is 16.8. The summed E-state index contributed by atoms with van der Waals surface area (Å²) >= 11 is 0. The molecular formula is C17H25NO4. The normalized spacial score (nSPS) is 19.2. The van der Waals surface area contributed by atoms with E-state index in [1.165, 1.54) is 0 Å². The number of hydrogen-bond donors (Lipinski definition) is 1. The van der Waals surface area contributed by atoms with Crippen molar-refractivity contribution in [3.05, 3.63) is 24.3 Å². The molecule has 1 amide bonds. The average Bonchev–Trinajstić information content (AvgIpc) is 2.99. The molecule has 1 fully saturated rings. The van der Waals surface area contributed by atoms with Crippen molar-refractivity contribution in [3.63, 3.8) is 0 Å². The second-order valence-electron chi connectivity index (χ2n) is 5.76. The van der Waals surface area contributed by atoms with Gasteiger partial charge in [-0.1, -0.05) is 12.1 Å². The van der Waals surface area contributed by atoms with Gasteiger partial charge in [0.05, 0.1) is 24.5 Å². The van der Waals surface area contributed by atoms with E-state index in [-0.39, 0.29) is 18.1 Å². The van der Waals surface area contributed by atoms with E-state index in [0.717, 1.165) is 19.4 Å². The summed E-state index contributed by atoms with van der Waals surface area (Å²) in [6, 6.07) is 7.40. The third-order valence-electron chi connectivity index (χ3n) is 3.43. The van der Waals surface area contributed by atoms with E-state index < -0.39 is 6.10 Å². The van der Waals surface area contributed by atoms with Crippen molar-refractivity contribution in [2.75, 3.05) is 18.5 Å². The summed E-state index contributed by atoms with van der Waals surface area (Å²) in [5, 5.41) is 2.86. The fourth-order valence-electron chi connectivity index (χ4n) is 2.26. The van der Waals surface area contributed by atoms with Gasteiger partial charge in [-0.15, -0.1) is 0 Å². The van der Waals surface area contributed by atoms with Crippen LogP contribution in [0.2, 0.25) is 0 Å². The minimum Gasteiger partial charge on any atom is -0.489 e. The van der Waals surface area contributed by atoms with Crippen molar-refractivity contribution < 1.29 is 19.0 Å². The van der Waals surface area contributed by atoms with E-state index >= 15 is 0 Å². The fraction of sp³-hybridized carbons (Fsp3) is 0.588. The maximum atomic E-state index is 12.2. The summed E-state index contributed by atoms with van der Waals surface area (Å²) in [6.07, 6.45) is 1.70. The largest absolute Gasteiger partial charge is 0.489 e. The van der Waals surface area contributed by atoms with Gasteiger partial charge in [0.25, 0.3) is 5.91 Å². The Hall–Kier alpha value is -1.59. The first-order valence-corrected chi connectivity index (χ1v) is 7.86. The van der Waals surface area contributed by atoms with E-state index in [1.807, 2.05) is 38.1 Å². The van der Waals surface area contributed by atoms with Gasteiger partial charge < -0.3 is 19.5 Å². The van der Waals surface area contributed by atoms with E-state index in [2.05, 4.69) is 5.32 Å². The second-order valence-corrected chi connectivity index (χ2v) is 5.76. The van der Waals surface area contributed by atoms with Crippen molar-refractivity contribution in [2.45, 2.75) is 51.9 Å². The molecule has 2 atom stereocenters. The van der Waals surface area contributed by atoms with Gasteiger partial charge >= 0.3 is 0 Å². The van der Waals surface area contributed by atoms with Gasteiger partial charge in [-0.25, -0.2) is 0 Å². The molecule has 0 unspecified atom stereocenters. The molecule has 0 radical (unpaired) electrons. The van der Waals surface area contributed by atoms with Gasteiger partial charge in [0.1, 0.15) is 11.9 Å². The van der Waals surface area contributed by atoms with Crippen LogP contribution in [0.5, 0.6) is 5.75 Å². The molecule has 122 valence electrons. The lowest BCUT2D eigenvalue weighted by atomic mass is 10.2. The lowest BCUT2D eigenvalue weighted by Gasteiger charge is -2.18. The Kier molecular flexibility index (Phi) is 6.21. The predicted octanol–water partition coefficient (Wildman–Crippen LogP) is 3.00. The highest BCUT2D eigenvalue weighted by Gasteiger charge is 2.20. The number of carbonyl (C=O) groups is 1. The number of carbonyl (C=O) groups excluding carboxylic acids is 1. The number of para-hydroxylation sites is 2. The minimum absolute atomic E-state index is 0.0474. The van der Waals surface area contributed by atoms with Crippen LogP contribution in [0.4, 0.5) is 5.69 Å². The Bertz CT molecular complexity index is 483. The lowest BCUT2D eigenvalue weighted by Crippen LogP contribution is -2.30. The quantitative estimate of drug-likeness (QED) is 0.841. The van der Waals surface area contributed by atoms with Crippen LogP contribution in [0.15, 0.2) is 24.3 Å². The molecule has 2 rings (SSSR count). The van der Waals surface area contributed by atoms with Crippen LogP contribution in [-0.2, 0) is 14.3 Å². The number of amides is 1. The van der Waals surface area contributed by atoms with Crippen LogP contribution in [-0.4, -0.2) is 37.4 Å². The van der Waals surface area contributed by atoms with Gasteiger partial charge in [0.15, 0.2) is 0 Å². The van der Waals surface area contributed by atoms with Gasteiger partial charge in [0, 0.05) is 6.61 Å². The monoisotopic (exact) mass is 307 g/mol. The van der Waals surface area contributed by atoms with Crippen molar-refractivity contribution >= 4 is 11.6 Å². The highest BCUT2D eigenvalue weighted by Crippen LogP contribution is 2.25. The van der Waals surface area contributed by atoms with Gasteiger partial charge in [-0.05, 0) is 45.7 Å². The molecular weight excluding hydrogens is 282 g/mol.